The summed E-state index contributed by atoms with van der Waals surface area (Å²) in [6.45, 7) is 4.30. The summed E-state index contributed by atoms with van der Waals surface area (Å²) in [5.74, 6) is -0.187. The standard InChI is InChI=1S/C31H42N4O5/c1-21-18-35(22(2)20-36)30(38)26-17-25(32-29(37)16-23-10-6-4-7-11-23)14-15-27(26)40-28(21)19-34(3)31(39)33-24-12-8-5-9-13-24/h4,6-7,10-11,14-15,17,21-22,24,28,36H,5,8-9,12-13,16,18-20H2,1-3H3,(H,32,37)(H,33,39)/t21-,22+,28+/m0/s1. The van der Waals surface area contributed by atoms with Gasteiger partial charge in [-0.15, -0.1) is 0 Å². The Morgan fingerprint density at radius 1 is 1.12 bits per heavy atom. The van der Waals surface area contributed by atoms with Crippen LogP contribution in [0.1, 0.15) is 61.9 Å². The second kappa shape index (κ2) is 13.7. The number of fused-ring (bicyclic) bond motifs is 1. The smallest absolute Gasteiger partial charge is 0.317 e. The summed E-state index contributed by atoms with van der Waals surface area (Å²) in [5.41, 5.74) is 1.69. The lowest BCUT2D eigenvalue weighted by molar-refractivity contribution is -0.115. The number of likely N-dealkylation sites (N-methyl/N-ethyl adjacent to an activating group) is 1. The number of benzene rings is 2. The van der Waals surface area contributed by atoms with Crippen LogP contribution in [0.5, 0.6) is 5.75 Å². The maximum atomic E-state index is 13.7. The molecule has 0 unspecified atom stereocenters. The third-order valence-corrected chi connectivity index (χ3v) is 7.89. The summed E-state index contributed by atoms with van der Waals surface area (Å²) in [7, 11) is 1.76. The van der Waals surface area contributed by atoms with E-state index in [4.69, 9.17) is 4.74 Å². The fourth-order valence-corrected chi connectivity index (χ4v) is 5.39. The van der Waals surface area contributed by atoms with E-state index in [1.165, 1.54) is 6.42 Å². The van der Waals surface area contributed by atoms with E-state index in [2.05, 4.69) is 10.6 Å². The minimum Gasteiger partial charge on any atom is -0.487 e. The van der Waals surface area contributed by atoms with Crippen LogP contribution in [0.2, 0.25) is 0 Å². The highest BCUT2D eigenvalue weighted by molar-refractivity contribution is 6.00. The van der Waals surface area contributed by atoms with Crippen LogP contribution in [-0.4, -0.2) is 77.7 Å². The van der Waals surface area contributed by atoms with Crippen molar-refractivity contribution in [3.05, 3.63) is 59.7 Å². The van der Waals surface area contributed by atoms with Crippen LogP contribution in [0.15, 0.2) is 48.5 Å². The molecule has 1 heterocycles. The van der Waals surface area contributed by atoms with E-state index in [1.54, 1.807) is 42.0 Å². The Labute approximate surface area is 236 Å². The minimum atomic E-state index is -0.412. The molecule has 0 radical (unpaired) electrons. The molecule has 2 aliphatic rings. The number of aliphatic hydroxyl groups is 1. The van der Waals surface area contributed by atoms with Crippen LogP contribution >= 0.6 is 0 Å². The average molecular weight is 551 g/mol. The SMILES string of the molecule is C[C@H](CO)N1C[C@H](C)[C@@H](CN(C)C(=O)NC2CCCCC2)Oc2ccc(NC(=O)Cc3ccccc3)cc2C1=O. The minimum absolute atomic E-state index is 0.110. The summed E-state index contributed by atoms with van der Waals surface area (Å²) < 4.78 is 6.40. The molecule has 0 bridgehead atoms. The summed E-state index contributed by atoms with van der Waals surface area (Å²) in [6, 6.07) is 14.2. The largest absolute Gasteiger partial charge is 0.487 e. The molecule has 1 saturated carbocycles. The predicted molar refractivity (Wildman–Crippen MR) is 154 cm³/mol. The van der Waals surface area contributed by atoms with Crippen LogP contribution in [0.4, 0.5) is 10.5 Å². The van der Waals surface area contributed by atoms with Gasteiger partial charge in [0.05, 0.1) is 31.2 Å². The van der Waals surface area contributed by atoms with Crippen molar-refractivity contribution in [2.75, 3.05) is 32.1 Å². The van der Waals surface area contributed by atoms with Gasteiger partial charge in [-0.05, 0) is 43.5 Å². The Kier molecular flexibility index (Phi) is 10.0. The Morgan fingerprint density at radius 3 is 2.55 bits per heavy atom. The maximum absolute atomic E-state index is 13.7. The van der Waals surface area contributed by atoms with Gasteiger partial charge in [0.25, 0.3) is 5.91 Å². The summed E-state index contributed by atoms with van der Waals surface area (Å²) in [4.78, 5) is 42.6. The molecule has 3 N–H and O–H groups in total. The number of ether oxygens (including phenoxy) is 1. The lowest BCUT2D eigenvalue weighted by Gasteiger charge is -2.38. The lowest BCUT2D eigenvalue weighted by Crippen LogP contribution is -2.52. The first-order valence-corrected chi connectivity index (χ1v) is 14.3. The third kappa shape index (κ3) is 7.53. The monoisotopic (exact) mass is 550 g/mol. The van der Waals surface area contributed by atoms with Gasteiger partial charge in [-0.1, -0.05) is 56.5 Å². The number of carbonyl (C=O) groups excluding carboxylic acids is 3. The Balaban J connectivity index is 1.53. The van der Waals surface area contributed by atoms with Gasteiger partial charge in [0.2, 0.25) is 5.91 Å². The van der Waals surface area contributed by atoms with Crippen LogP contribution in [0, 0.1) is 5.92 Å². The highest BCUT2D eigenvalue weighted by atomic mass is 16.5. The van der Waals surface area contributed by atoms with Crippen molar-refractivity contribution in [2.45, 2.75) is 70.6 Å². The molecule has 1 aliphatic heterocycles. The van der Waals surface area contributed by atoms with E-state index in [1.807, 2.05) is 37.3 Å². The average Bonchev–Trinajstić information content (AvgIpc) is 2.95. The molecular formula is C31H42N4O5. The van der Waals surface area contributed by atoms with Crippen LogP contribution in [-0.2, 0) is 11.2 Å². The zero-order valence-electron chi connectivity index (χ0n) is 23.8. The fraction of sp³-hybridized carbons (Fsp3) is 0.516. The van der Waals surface area contributed by atoms with Crippen molar-refractivity contribution >= 4 is 23.5 Å². The van der Waals surface area contributed by atoms with Gasteiger partial charge in [0.1, 0.15) is 11.9 Å². The predicted octanol–water partition coefficient (Wildman–Crippen LogP) is 4.06. The number of rotatable bonds is 8. The number of urea groups is 1. The van der Waals surface area contributed by atoms with Gasteiger partial charge in [0, 0.05) is 31.2 Å². The summed E-state index contributed by atoms with van der Waals surface area (Å²) >= 11 is 0. The van der Waals surface area contributed by atoms with E-state index in [0.29, 0.717) is 30.1 Å². The molecule has 40 heavy (non-hydrogen) atoms. The van der Waals surface area contributed by atoms with Gasteiger partial charge in [0.15, 0.2) is 0 Å². The van der Waals surface area contributed by atoms with Crippen molar-refractivity contribution in [2.24, 2.45) is 5.92 Å². The quantitative estimate of drug-likeness (QED) is 0.459. The summed E-state index contributed by atoms with van der Waals surface area (Å²) in [6.07, 6.45) is 5.32. The Hall–Kier alpha value is -3.59. The molecule has 216 valence electrons. The zero-order valence-corrected chi connectivity index (χ0v) is 23.8. The zero-order chi connectivity index (χ0) is 28.6. The first-order valence-electron chi connectivity index (χ1n) is 14.3. The molecule has 3 atom stereocenters. The van der Waals surface area contributed by atoms with Crippen LogP contribution in [0.3, 0.4) is 0 Å². The van der Waals surface area contributed by atoms with Gasteiger partial charge in [-0.3, -0.25) is 9.59 Å². The molecular weight excluding hydrogens is 508 g/mol. The molecule has 0 aromatic heterocycles. The van der Waals surface area contributed by atoms with Crippen molar-refractivity contribution < 1.29 is 24.2 Å². The number of amides is 4. The molecule has 0 saturated heterocycles. The summed E-state index contributed by atoms with van der Waals surface area (Å²) in [5, 5.41) is 15.9. The normalized spacial score (nSPS) is 20.4. The molecule has 2 aromatic carbocycles. The molecule has 9 heteroatoms. The molecule has 1 aliphatic carbocycles. The number of anilines is 1. The van der Waals surface area contributed by atoms with Gasteiger partial charge >= 0.3 is 6.03 Å². The topological polar surface area (TPSA) is 111 Å². The highest BCUT2D eigenvalue weighted by Crippen LogP contribution is 2.31. The number of nitrogens with zero attached hydrogens (tertiary/aromatic N) is 2. The maximum Gasteiger partial charge on any atom is 0.317 e. The number of carbonyl (C=O) groups is 3. The van der Waals surface area contributed by atoms with Crippen LogP contribution in [0.25, 0.3) is 0 Å². The molecule has 4 amide bonds. The Morgan fingerprint density at radius 2 is 1.85 bits per heavy atom. The molecule has 9 nitrogen and oxygen atoms in total. The molecule has 4 rings (SSSR count). The van der Waals surface area contributed by atoms with Crippen LogP contribution < -0.4 is 15.4 Å². The van der Waals surface area contributed by atoms with E-state index < -0.39 is 6.04 Å². The number of hydrogen-bond donors (Lipinski definition) is 3. The second-order valence-electron chi connectivity index (χ2n) is 11.2. The van der Waals surface area contributed by atoms with E-state index in [9.17, 15) is 19.5 Å². The second-order valence-corrected chi connectivity index (χ2v) is 11.2. The lowest BCUT2D eigenvalue weighted by atomic mass is 9.96. The number of nitrogens with one attached hydrogen (secondary N) is 2. The first kappa shape index (κ1) is 29.4. The highest BCUT2D eigenvalue weighted by Gasteiger charge is 2.34. The van der Waals surface area contributed by atoms with Gasteiger partial charge in [-0.2, -0.15) is 0 Å². The van der Waals surface area contributed by atoms with Crippen molar-refractivity contribution in [3.63, 3.8) is 0 Å². The Bertz CT molecular complexity index is 1170. The van der Waals surface area contributed by atoms with Crippen molar-refractivity contribution in [1.82, 2.24) is 15.1 Å². The van der Waals surface area contributed by atoms with E-state index in [0.717, 1.165) is 31.2 Å². The molecule has 1 fully saturated rings. The number of hydrogen-bond acceptors (Lipinski definition) is 5. The van der Waals surface area contributed by atoms with Gasteiger partial charge < -0.3 is 30.3 Å². The first-order chi connectivity index (χ1) is 19.2. The molecule has 2 aromatic rings. The van der Waals surface area contributed by atoms with E-state index in [-0.39, 0.29) is 48.9 Å². The number of aliphatic hydroxyl groups excluding tert-OH is 1. The van der Waals surface area contributed by atoms with E-state index >= 15 is 0 Å². The molecule has 0 spiro atoms. The third-order valence-electron chi connectivity index (χ3n) is 7.89. The van der Waals surface area contributed by atoms with Crippen molar-refractivity contribution in [1.29, 1.82) is 0 Å². The van der Waals surface area contributed by atoms with Gasteiger partial charge in [-0.25, -0.2) is 4.79 Å². The van der Waals surface area contributed by atoms with Crippen molar-refractivity contribution in [3.8, 4) is 5.75 Å². The fourth-order valence-electron chi connectivity index (χ4n) is 5.39.